The number of nitrogens with zero attached hydrogens (tertiary/aromatic N) is 1. The Morgan fingerprint density at radius 2 is 1.90 bits per heavy atom. The van der Waals surface area contributed by atoms with E-state index in [4.69, 9.17) is 9.15 Å². The maximum absolute atomic E-state index is 13.0. The number of anilines is 2. The third-order valence-corrected chi connectivity index (χ3v) is 4.04. The minimum Gasteiger partial charge on any atom is -0.495 e. The first-order valence-electron chi connectivity index (χ1n) is 8.90. The number of oxazole rings is 1. The molecule has 2 amide bonds. The molecule has 0 spiro atoms. The van der Waals surface area contributed by atoms with Crippen molar-refractivity contribution in [2.75, 3.05) is 17.7 Å². The van der Waals surface area contributed by atoms with E-state index in [9.17, 15) is 14.0 Å². The number of amides is 2. The molecule has 2 aromatic carbocycles. The monoisotopic (exact) mass is 397 g/mol. The Morgan fingerprint density at radius 3 is 2.59 bits per heavy atom. The summed E-state index contributed by atoms with van der Waals surface area (Å²) in [6.07, 6.45) is 1.97. The van der Waals surface area contributed by atoms with Crippen LogP contribution in [0.2, 0.25) is 0 Å². The van der Waals surface area contributed by atoms with Crippen molar-refractivity contribution >= 4 is 23.2 Å². The lowest BCUT2D eigenvalue weighted by atomic mass is 10.2. The number of aromatic nitrogens is 1. The maximum Gasteiger partial charge on any atom is 0.224 e. The number of carbonyl (C=O) groups is 2. The number of nitrogens with one attached hydrogen (secondary N) is 2. The van der Waals surface area contributed by atoms with Gasteiger partial charge in [0.05, 0.1) is 19.0 Å². The molecule has 2 N–H and O–H groups in total. The number of hydrogen-bond donors (Lipinski definition) is 2. The molecule has 8 heteroatoms. The fraction of sp³-hybridized carbons (Fsp3) is 0.190. The second-order valence-electron chi connectivity index (χ2n) is 6.27. The Hall–Kier alpha value is -3.68. The summed E-state index contributed by atoms with van der Waals surface area (Å²) in [5.74, 6) is 0.576. The first kappa shape index (κ1) is 20.1. The third kappa shape index (κ3) is 5.41. The van der Waals surface area contributed by atoms with E-state index in [0.29, 0.717) is 40.8 Å². The van der Waals surface area contributed by atoms with Gasteiger partial charge in [0, 0.05) is 31.0 Å². The van der Waals surface area contributed by atoms with E-state index in [-0.39, 0.29) is 24.1 Å². The van der Waals surface area contributed by atoms with Gasteiger partial charge in [0.15, 0.2) is 11.7 Å². The van der Waals surface area contributed by atoms with E-state index in [1.54, 1.807) is 36.5 Å². The second kappa shape index (κ2) is 9.01. The van der Waals surface area contributed by atoms with E-state index in [2.05, 4.69) is 15.6 Å². The van der Waals surface area contributed by atoms with Gasteiger partial charge in [0.2, 0.25) is 11.8 Å². The van der Waals surface area contributed by atoms with Crippen molar-refractivity contribution in [3.63, 3.8) is 0 Å². The average Bonchev–Trinajstić information content (AvgIpc) is 3.16. The first-order valence-corrected chi connectivity index (χ1v) is 8.90. The van der Waals surface area contributed by atoms with Gasteiger partial charge in [-0.25, -0.2) is 9.37 Å². The molecule has 0 aliphatic heterocycles. The van der Waals surface area contributed by atoms with Crippen molar-refractivity contribution < 1.29 is 23.1 Å². The van der Waals surface area contributed by atoms with Crippen LogP contribution in [-0.4, -0.2) is 23.9 Å². The smallest absolute Gasteiger partial charge is 0.224 e. The van der Waals surface area contributed by atoms with Gasteiger partial charge in [-0.1, -0.05) is 0 Å². The zero-order valence-corrected chi connectivity index (χ0v) is 16.0. The fourth-order valence-corrected chi connectivity index (χ4v) is 2.69. The van der Waals surface area contributed by atoms with Gasteiger partial charge in [-0.2, -0.15) is 0 Å². The van der Waals surface area contributed by atoms with Crippen LogP contribution in [0.5, 0.6) is 5.75 Å². The van der Waals surface area contributed by atoms with Crippen molar-refractivity contribution in [2.45, 2.75) is 19.8 Å². The standard InChI is InChI=1S/C21H20FN3O4/c1-13(26)24-16-7-8-18(28-2)17(11-16)25-20(27)9-10-21-23-12-19(29-21)14-3-5-15(22)6-4-14/h3-8,11-12H,9-10H2,1-2H3,(H,24,26)(H,25,27). The Kier molecular flexibility index (Phi) is 6.23. The van der Waals surface area contributed by atoms with Gasteiger partial charge in [0.25, 0.3) is 0 Å². The molecule has 0 atom stereocenters. The van der Waals surface area contributed by atoms with Crippen LogP contribution in [0, 0.1) is 5.82 Å². The number of carbonyl (C=O) groups excluding carboxylic acids is 2. The number of methoxy groups -OCH3 is 1. The highest BCUT2D eigenvalue weighted by atomic mass is 19.1. The topological polar surface area (TPSA) is 93.5 Å². The van der Waals surface area contributed by atoms with Crippen LogP contribution in [0.1, 0.15) is 19.2 Å². The zero-order valence-electron chi connectivity index (χ0n) is 16.0. The summed E-state index contributed by atoms with van der Waals surface area (Å²) in [5.41, 5.74) is 1.70. The number of ether oxygens (including phenoxy) is 1. The fourth-order valence-electron chi connectivity index (χ4n) is 2.69. The Morgan fingerprint density at radius 1 is 1.14 bits per heavy atom. The van der Waals surface area contributed by atoms with Crippen LogP contribution in [0.25, 0.3) is 11.3 Å². The minimum atomic E-state index is -0.330. The molecular formula is C21H20FN3O4. The molecule has 1 heterocycles. The minimum absolute atomic E-state index is 0.136. The molecular weight excluding hydrogens is 377 g/mol. The van der Waals surface area contributed by atoms with Crippen molar-refractivity contribution in [2.24, 2.45) is 0 Å². The molecule has 3 rings (SSSR count). The molecule has 0 saturated carbocycles. The highest BCUT2D eigenvalue weighted by Crippen LogP contribution is 2.28. The molecule has 7 nitrogen and oxygen atoms in total. The summed E-state index contributed by atoms with van der Waals surface area (Å²) in [6.45, 7) is 1.40. The van der Waals surface area contributed by atoms with Gasteiger partial charge in [-0.05, 0) is 42.5 Å². The zero-order chi connectivity index (χ0) is 20.8. The molecule has 3 aromatic rings. The summed E-state index contributed by atoms with van der Waals surface area (Å²) in [4.78, 5) is 27.7. The Labute approximate surface area is 166 Å². The van der Waals surface area contributed by atoms with E-state index in [1.165, 1.54) is 26.2 Å². The van der Waals surface area contributed by atoms with E-state index < -0.39 is 0 Å². The molecule has 150 valence electrons. The highest BCUT2D eigenvalue weighted by Gasteiger charge is 2.12. The second-order valence-corrected chi connectivity index (χ2v) is 6.27. The molecule has 0 unspecified atom stereocenters. The highest BCUT2D eigenvalue weighted by molar-refractivity contribution is 5.95. The lowest BCUT2D eigenvalue weighted by Crippen LogP contribution is -2.14. The van der Waals surface area contributed by atoms with E-state index >= 15 is 0 Å². The number of benzene rings is 2. The molecule has 0 bridgehead atoms. The number of rotatable bonds is 7. The summed E-state index contributed by atoms with van der Waals surface area (Å²) in [5, 5.41) is 5.42. The van der Waals surface area contributed by atoms with E-state index in [1.807, 2.05) is 0 Å². The van der Waals surface area contributed by atoms with Crippen LogP contribution in [0.3, 0.4) is 0 Å². The molecule has 0 radical (unpaired) electrons. The van der Waals surface area contributed by atoms with Gasteiger partial charge in [0.1, 0.15) is 11.6 Å². The van der Waals surface area contributed by atoms with Gasteiger partial charge in [-0.3, -0.25) is 9.59 Å². The first-order chi connectivity index (χ1) is 13.9. The van der Waals surface area contributed by atoms with Gasteiger partial charge >= 0.3 is 0 Å². The Bertz CT molecular complexity index is 1020. The van der Waals surface area contributed by atoms with Crippen LogP contribution in [0.15, 0.2) is 53.1 Å². The maximum atomic E-state index is 13.0. The van der Waals surface area contributed by atoms with E-state index in [0.717, 1.165) is 0 Å². The normalized spacial score (nSPS) is 10.4. The predicted molar refractivity (Wildman–Crippen MR) is 106 cm³/mol. The van der Waals surface area contributed by atoms with Crippen molar-refractivity contribution in [1.82, 2.24) is 4.98 Å². The Balaban J connectivity index is 1.61. The van der Waals surface area contributed by atoms with Crippen LogP contribution < -0.4 is 15.4 Å². The van der Waals surface area contributed by atoms with Crippen molar-refractivity contribution in [1.29, 1.82) is 0 Å². The molecule has 29 heavy (non-hydrogen) atoms. The SMILES string of the molecule is COc1ccc(NC(C)=O)cc1NC(=O)CCc1ncc(-c2ccc(F)cc2)o1. The average molecular weight is 397 g/mol. The van der Waals surface area contributed by atoms with Crippen LogP contribution in [-0.2, 0) is 16.0 Å². The number of hydrogen-bond acceptors (Lipinski definition) is 5. The quantitative estimate of drug-likeness (QED) is 0.628. The van der Waals surface area contributed by atoms with Gasteiger partial charge in [-0.15, -0.1) is 0 Å². The number of halogens is 1. The summed E-state index contributed by atoms with van der Waals surface area (Å²) in [6, 6.07) is 10.8. The molecule has 0 aliphatic rings. The largest absolute Gasteiger partial charge is 0.495 e. The molecule has 0 saturated heterocycles. The molecule has 1 aromatic heterocycles. The number of aryl methyl sites for hydroxylation is 1. The molecule has 0 fully saturated rings. The summed E-state index contributed by atoms with van der Waals surface area (Å²) in [7, 11) is 1.49. The summed E-state index contributed by atoms with van der Waals surface area (Å²) >= 11 is 0. The van der Waals surface area contributed by atoms with Gasteiger partial charge < -0.3 is 19.8 Å². The molecule has 0 aliphatic carbocycles. The predicted octanol–water partition coefficient (Wildman–Crippen LogP) is 4.02. The lowest BCUT2D eigenvalue weighted by molar-refractivity contribution is -0.116. The van der Waals surface area contributed by atoms with Crippen LogP contribution in [0.4, 0.5) is 15.8 Å². The van der Waals surface area contributed by atoms with Crippen molar-refractivity contribution in [3.05, 3.63) is 60.4 Å². The van der Waals surface area contributed by atoms with Crippen LogP contribution >= 0.6 is 0 Å². The summed E-state index contributed by atoms with van der Waals surface area (Å²) < 4.78 is 23.9. The third-order valence-electron chi connectivity index (χ3n) is 4.04. The van der Waals surface area contributed by atoms with Crippen molar-refractivity contribution in [3.8, 4) is 17.1 Å². The lowest BCUT2D eigenvalue weighted by Gasteiger charge is -2.12.